The number of amides is 1. The average molecular weight is 355 g/mol. The van der Waals surface area contributed by atoms with Crippen LogP contribution in [0.1, 0.15) is 36.4 Å². The normalized spacial score (nSPS) is 17.1. The van der Waals surface area contributed by atoms with Crippen LogP contribution in [0.2, 0.25) is 5.02 Å². The summed E-state index contributed by atoms with van der Waals surface area (Å²) >= 11 is 7.49. The van der Waals surface area contributed by atoms with Gasteiger partial charge in [-0.2, -0.15) is 0 Å². The van der Waals surface area contributed by atoms with Crippen LogP contribution in [0.3, 0.4) is 0 Å². The number of carbonyl (C=O) groups is 1. The maximum atomic E-state index is 13.9. The van der Waals surface area contributed by atoms with Crippen LogP contribution in [0.5, 0.6) is 0 Å². The van der Waals surface area contributed by atoms with Crippen molar-refractivity contribution < 1.29 is 9.18 Å². The van der Waals surface area contributed by atoms with Gasteiger partial charge in [0.05, 0.1) is 5.02 Å². The molecule has 1 aliphatic rings. The van der Waals surface area contributed by atoms with E-state index in [2.05, 4.69) is 24.1 Å². The fourth-order valence-corrected chi connectivity index (χ4v) is 4.49. The highest BCUT2D eigenvalue weighted by atomic mass is 35.5. The molecule has 23 heavy (non-hydrogen) atoms. The molecule has 1 aromatic carbocycles. The Balaban J connectivity index is 1.72. The number of nitrogens with zero attached hydrogens (tertiary/aromatic N) is 1. The minimum atomic E-state index is -0.381. The largest absolute Gasteiger partial charge is 0.348 e. The second kappa shape index (κ2) is 6.75. The Kier molecular flexibility index (Phi) is 4.90. The number of likely N-dealkylation sites (tertiary alicyclic amines) is 1. The summed E-state index contributed by atoms with van der Waals surface area (Å²) in [7, 11) is 0. The van der Waals surface area contributed by atoms with E-state index < -0.39 is 0 Å². The Morgan fingerprint density at radius 1 is 1.39 bits per heavy atom. The first-order valence-corrected chi connectivity index (χ1v) is 9.08. The van der Waals surface area contributed by atoms with E-state index in [1.54, 1.807) is 12.1 Å². The molecule has 0 unspecified atom stereocenters. The summed E-state index contributed by atoms with van der Waals surface area (Å²) < 4.78 is 14.6. The van der Waals surface area contributed by atoms with Crippen molar-refractivity contribution in [1.29, 1.82) is 0 Å². The third kappa shape index (κ3) is 3.37. The van der Waals surface area contributed by atoms with Crippen molar-refractivity contribution >= 4 is 38.9 Å². The molecule has 3 nitrogen and oxygen atoms in total. The fourth-order valence-electron chi connectivity index (χ4n) is 3.03. The van der Waals surface area contributed by atoms with Gasteiger partial charge in [0.25, 0.3) is 5.91 Å². The van der Waals surface area contributed by atoms with Gasteiger partial charge in [-0.3, -0.25) is 4.79 Å². The van der Waals surface area contributed by atoms with Crippen molar-refractivity contribution in [3.05, 3.63) is 33.9 Å². The molecule has 6 heteroatoms. The number of fused-ring (bicyclic) bond motifs is 1. The van der Waals surface area contributed by atoms with Crippen molar-refractivity contribution in [2.75, 3.05) is 13.1 Å². The van der Waals surface area contributed by atoms with E-state index in [1.165, 1.54) is 17.4 Å². The van der Waals surface area contributed by atoms with Gasteiger partial charge in [0, 0.05) is 35.3 Å². The molecule has 0 aliphatic carbocycles. The highest BCUT2D eigenvalue weighted by Gasteiger charge is 2.25. The number of rotatable bonds is 3. The number of carbonyl (C=O) groups excluding carboxylic acids is 1. The summed E-state index contributed by atoms with van der Waals surface area (Å²) in [6, 6.07) is 5.47. The zero-order valence-corrected chi connectivity index (χ0v) is 14.8. The lowest BCUT2D eigenvalue weighted by molar-refractivity contribution is 0.0905. The molecule has 1 fully saturated rings. The van der Waals surface area contributed by atoms with E-state index in [4.69, 9.17) is 11.6 Å². The van der Waals surface area contributed by atoms with Crippen molar-refractivity contribution in [1.82, 2.24) is 10.2 Å². The van der Waals surface area contributed by atoms with Gasteiger partial charge in [0.2, 0.25) is 0 Å². The molecule has 2 aromatic rings. The van der Waals surface area contributed by atoms with Crippen LogP contribution in [0.15, 0.2) is 18.2 Å². The van der Waals surface area contributed by atoms with Gasteiger partial charge in [-0.1, -0.05) is 17.7 Å². The van der Waals surface area contributed by atoms with Crippen LogP contribution >= 0.6 is 22.9 Å². The predicted octanol–water partition coefficient (Wildman–Crippen LogP) is 4.30. The van der Waals surface area contributed by atoms with Crippen molar-refractivity contribution in [3.8, 4) is 0 Å². The maximum Gasteiger partial charge on any atom is 0.263 e. The first-order valence-electron chi connectivity index (χ1n) is 7.88. The minimum absolute atomic E-state index is 0.156. The third-order valence-corrected chi connectivity index (χ3v) is 6.05. The number of halogens is 2. The number of hydrogen-bond acceptors (Lipinski definition) is 3. The first-order chi connectivity index (χ1) is 11.0. The summed E-state index contributed by atoms with van der Waals surface area (Å²) in [6.45, 7) is 6.34. The van der Waals surface area contributed by atoms with Crippen molar-refractivity contribution in [2.45, 2.75) is 38.8 Å². The molecule has 1 aromatic heterocycles. The van der Waals surface area contributed by atoms with Crippen LogP contribution in [0, 0.1) is 5.82 Å². The van der Waals surface area contributed by atoms with Crippen LogP contribution in [0.4, 0.5) is 4.39 Å². The zero-order valence-electron chi connectivity index (χ0n) is 13.2. The lowest BCUT2D eigenvalue weighted by Crippen LogP contribution is -2.46. The molecule has 2 heterocycles. The fraction of sp³-hybridized carbons (Fsp3) is 0.471. The molecule has 0 radical (unpaired) electrons. The van der Waals surface area contributed by atoms with Gasteiger partial charge >= 0.3 is 0 Å². The SMILES string of the molecule is CC(C)N1CCC(NC(=O)c2sc3cccc(F)c3c2Cl)CC1. The van der Waals surface area contributed by atoms with Crippen molar-refractivity contribution in [3.63, 3.8) is 0 Å². The van der Waals surface area contributed by atoms with Gasteiger partial charge in [-0.25, -0.2) is 4.39 Å². The molecular formula is C17H20ClFN2OS. The highest BCUT2D eigenvalue weighted by molar-refractivity contribution is 7.21. The standard InChI is InChI=1S/C17H20ClFN2OS/c1-10(2)21-8-6-11(7-9-21)20-17(22)16-15(18)14-12(19)4-3-5-13(14)23-16/h3-5,10-11H,6-9H2,1-2H3,(H,20,22). The quantitative estimate of drug-likeness (QED) is 0.891. The van der Waals surface area contributed by atoms with E-state index in [9.17, 15) is 9.18 Å². The van der Waals surface area contributed by atoms with Gasteiger partial charge in [0.15, 0.2) is 0 Å². The van der Waals surface area contributed by atoms with Gasteiger partial charge in [-0.05, 0) is 38.8 Å². The molecule has 1 amide bonds. The Labute approximate surface area is 144 Å². The molecule has 1 aliphatic heterocycles. The second-order valence-electron chi connectivity index (χ2n) is 6.24. The molecule has 0 spiro atoms. The summed E-state index contributed by atoms with van der Waals surface area (Å²) in [5.41, 5.74) is 0. The predicted molar refractivity (Wildman–Crippen MR) is 94.0 cm³/mol. The lowest BCUT2D eigenvalue weighted by Gasteiger charge is -2.34. The third-order valence-electron chi connectivity index (χ3n) is 4.41. The molecule has 1 saturated heterocycles. The Morgan fingerprint density at radius 3 is 2.70 bits per heavy atom. The second-order valence-corrected chi connectivity index (χ2v) is 7.67. The summed E-state index contributed by atoms with van der Waals surface area (Å²) in [5.74, 6) is -0.577. The molecule has 0 saturated carbocycles. The number of piperidine rings is 1. The van der Waals surface area contributed by atoms with Crippen molar-refractivity contribution in [2.24, 2.45) is 0 Å². The molecular weight excluding hydrogens is 335 g/mol. The smallest absolute Gasteiger partial charge is 0.263 e. The molecule has 3 rings (SSSR count). The van der Waals surface area contributed by atoms with Crippen LogP contribution in [-0.2, 0) is 0 Å². The van der Waals surface area contributed by atoms with E-state index >= 15 is 0 Å². The average Bonchev–Trinajstić information content (AvgIpc) is 2.86. The van der Waals surface area contributed by atoms with Gasteiger partial charge < -0.3 is 10.2 Å². The maximum absolute atomic E-state index is 13.9. The van der Waals surface area contributed by atoms with Crippen LogP contribution < -0.4 is 5.32 Å². The minimum Gasteiger partial charge on any atom is -0.348 e. The van der Waals surface area contributed by atoms with E-state index in [-0.39, 0.29) is 22.8 Å². The van der Waals surface area contributed by atoms with Crippen LogP contribution in [0.25, 0.3) is 10.1 Å². The monoisotopic (exact) mass is 354 g/mol. The van der Waals surface area contributed by atoms with Crippen LogP contribution in [-0.4, -0.2) is 36.0 Å². The lowest BCUT2D eigenvalue weighted by atomic mass is 10.0. The summed E-state index contributed by atoms with van der Waals surface area (Å²) in [4.78, 5) is 15.3. The number of nitrogens with one attached hydrogen (secondary N) is 1. The van der Waals surface area contributed by atoms with E-state index in [0.717, 1.165) is 25.9 Å². The Morgan fingerprint density at radius 2 is 2.09 bits per heavy atom. The topological polar surface area (TPSA) is 32.3 Å². The first kappa shape index (κ1) is 16.7. The number of benzene rings is 1. The van der Waals surface area contributed by atoms with Gasteiger partial charge in [0.1, 0.15) is 10.7 Å². The van der Waals surface area contributed by atoms with E-state index in [0.29, 0.717) is 21.0 Å². The number of hydrogen-bond donors (Lipinski definition) is 1. The van der Waals surface area contributed by atoms with E-state index in [1.807, 2.05) is 0 Å². The summed E-state index contributed by atoms with van der Waals surface area (Å²) in [5, 5.41) is 3.62. The molecule has 1 N–H and O–H groups in total. The van der Waals surface area contributed by atoms with Gasteiger partial charge in [-0.15, -0.1) is 11.3 Å². The number of thiophene rings is 1. The highest BCUT2D eigenvalue weighted by Crippen LogP contribution is 2.36. The Bertz CT molecular complexity index is 723. The molecule has 124 valence electrons. The Hall–Kier alpha value is -1.17. The summed E-state index contributed by atoms with van der Waals surface area (Å²) in [6.07, 6.45) is 1.86. The molecule has 0 bridgehead atoms. The molecule has 0 atom stereocenters. The zero-order chi connectivity index (χ0) is 16.6.